The molecule has 0 spiro atoms. The number of hydrogen-bond acceptors (Lipinski definition) is 3. The maximum absolute atomic E-state index is 11.9. The van der Waals surface area contributed by atoms with Crippen LogP contribution in [0.5, 0.6) is 0 Å². The molecule has 0 bridgehead atoms. The normalized spacial score (nSPS) is 25.8. The maximum atomic E-state index is 11.9. The molecule has 0 aromatic carbocycles. The van der Waals surface area contributed by atoms with Gasteiger partial charge in [-0.15, -0.1) is 0 Å². The molecule has 1 amide bonds. The first-order chi connectivity index (χ1) is 7.79. The van der Waals surface area contributed by atoms with E-state index in [1.165, 1.54) is 12.8 Å². The summed E-state index contributed by atoms with van der Waals surface area (Å²) in [4.78, 5) is 13.8. The Balaban J connectivity index is 1.71. The maximum Gasteiger partial charge on any atom is 0.236 e. The van der Waals surface area contributed by atoms with E-state index < -0.39 is 0 Å². The largest absolute Gasteiger partial charge is 0.377 e. The van der Waals surface area contributed by atoms with Crippen LogP contribution in [0.15, 0.2) is 0 Å². The van der Waals surface area contributed by atoms with Gasteiger partial charge in [0.25, 0.3) is 0 Å². The van der Waals surface area contributed by atoms with Gasteiger partial charge in [0.1, 0.15) is 0 Å². The smallest absolute Gasteiger partial charge is 0.236 e. The van der Waals surface area contributed by atoms with Crippen molar-refractivity contribution in [2.24, 2.45) is 0 Å². The van der Waals surface area contributed by atoms with Crippen LogP contribution in [0.25, 0.3) is 0 Å². The van der Waals surface area contributed by atoms with Crippen molar-refractivity contribution in [1.82, 2.24) is 10.2 Å². The quantitative estimate of drug-likeness (QED) is 0.752. The monoisotopic (exact) mass is 226 g/mol. The van der Waals surface area contributed by atoms with Gasteiger partial charge in [-0.25, -0.2) is 0 Å². The number of ether oxygens (including phenoxy) is 1. The molecule has 2 fully saturated rings. The van der Waals surface area contributed by atoms with Crippen molar-refractivity contribution < 1.29 is 9.53 Å². The molecular formula is C12H22N2O2. The summed E-state index contributed by atoms with van der Waals surface area (Å²) in [5, 5.41) is 3.27. The van der Waals surface area contributed by atoms with E-state index in [0.29, 0.717) is 12.6 Å². The topological polar surface area (TPSA) is 41.6 Å². The van der Waals surface area contributed by atoms with Gasteiger partial charge >= 0.3 is 0 Å². The Morgan fingerprint density at radius 1 is 1.44 bits per heavy atom. The van der Waals surface area contributed by atoms with Crippen LogP contribution in [0.2, 0.25) is 0 Å². The molecule has 0 aromatic heterocycles. The summed E-state index contributed by atoms with van der Waals surface area (Å²) in [5.41, 5.74) is 0. The fourth-order valence-electron chi connectivity index (χ4n) is 2.17. The van der Waals surface area contributed by atoms with Crippen molar-refractivity contribution >= 4 is 5.91 Å². The Kier molecular flexibility index (Phi) is 4.18. The Morgan fingerprint density at radius 2 is 2.25 bits per heavy atom. The van der Waals surface area contributed by atoms with Gasteiger partial charge in [0.15, 0.2) is 0 Å². The summed E-state index contributed by atoms with van der Waals surface area (Å²) < 4.78 is 5.59. The second-order valence-electron chi connectivity index (χ2n) is 4.71. The zero-order chi connectivity index (χ0) is 11.4. The van der Waals surface area contributed by atoms with E-state index in [-0.39, 0.29) is 12.0 Å². The third-order valence-electron chi connectivity index (χ3n) is 3.25. The molecule has 92 valence electrons. The van der Waals surface area contributed by atoms with Gasteiger partial charge in [-0.05, 0) is 32.6 Å². The number of piperidine rings is 1. The first-order valence-electron chi connectivity index (χ1n) is 6.42. The minimum atomic E-state index is 0.233. The molecule has 1 heterocycles. The molecule has 1 aliphatic heterocycles. The fourth-order valence-corrected chi connectivity index (χ4v) is 2.17. The van der Waals surface area contributed by atoms with Crippen LogP contribution in [-0.2, 0) is 9.53 Å². The molecule has 1 atom stereocenters. The number of rotatable bonds is 5. The number of nitrogens with zero attached hydrogens (tertiary/aromatic N) is 1. The van der Waals surface area contributed by atoms with Crippen molar-refractivity contribution in [2.45, 2.75) is 44.8 Å². The van der Waals surface area contributed by atoms with E-state index in [0.717, 1.165) is 32.5 Å². The van der Waals surface area contributed by atoms with Crippen LogP contribution in [0.3, 0.4) is 0 Å². The molecule has 4 nitrogen and oxygen atoms in total. The van der Waals surface area contributed by atoms with Crippen LogP contribution in [0.4, 0.5) is 0 Å². The summed E-state index contributed by atoms with van der Waals surface area (Å²) >= 11 is 0. The number of carbonyl (C=O) groups is 1. The van der Waals surface area contributed by atoms with Gasteiger partial charge in [-0.1, -0.05) is 0 Å². The molecule has 16 heavy (non-hydrogen) atoms. The molecule has 0 radical (unpaired) electrons. The van der Waals surface area contributed by atoms with Crippen LogP contribution in [-0.4, -0.2) is 49.2 Å². The Hall–Kier alpha value is -0.610. The van der Waals surface area contributed by atoms with E-state index in [4.69, 9.17) is 4.74 Å². The lowest BCUT2D eigenvalue weighted by molar-refractivity contribution is -0.134. The second kappa shape index (κ2) is 5.64. The van der Waals surface area contributed by atoms with Gasteiger partial charge in [0.05, 0.1) is 12.6 Å². The predicted molar refractivity (Wildman–Crippen MR) is 62.3 cm³/mol. The second-order valence-corrected chi connectivity index (χ2v) is 4.71. The molecule has 4 heteroatoms. The van der Waals surface area contributed by atoms with Crippen LogP contribution < -0.4 is 5.32 Å². The lowest BCUT2D eigenvalue weighted by Crippen LogP contribution is -2.46. The Labute approximate surface area is 97.3 Å². The third kappa shape index (κ3) is 3.46. The number of carbonyl (C=O) groups excluding carboxylic acids is 1. The predicted octanol–water partition coefficient (Wildman–Crippen LogP) is 0.766. The average Bonchev–Trinajstić information content (AvgIpc) is 3.10. The van der Waals surface area contributed by atoms with E-state index in [1.54, 1.807) is 0 Å². The summed E-state index contributed by atoms with van der Waals surface area (Å²) in [6.45, 7) is 4.93. The minimum absolute atomic E-state index is 0.233. The Morgan fingerprint density at radius 3 is 2.94 bits per heavy atom. The molecule has 1 aliphatic carbocycles. The fraction of sp³-hybridized carbons (Fsp3) is 0.917. The summed E-state index contributed by atoms with van der Waals surface area (Å²) in [5.74, 6) is 0.233. The highest BCUT2D eigenvalue weighted by molar-refractivity contribution is 5.78. The summed E-state index contributed by atoms with van der Waals surface area (Å²) in [7, 11) is 0. The van der Waals surface area contributed by atoms with Crippen molar-refractivity contribution in [3.8, 4) is 0 Å². The lowest BCUT2D eigenvalue weighted by Gasteiger charge is -2.32. The van der Waals surface area contributed by atoms with Gasteiger partial charge in [-0.3, -0.25) is 4.79 Å². The van der Waals surface area contributed by atoms with Crippen LogP contribution >= 0.6 is 0 Å². The van der Waals surface area contributed by atoms with E-state index >= 15 is 0 Å². The van der Waals surface area contributed by atoms with Crippen molar-refractivity contribution in [2.75, 3.05) is 26.2 Å². The molecule has 1 saturated heterocycles. The summed E-state index contributed by atoms with van der Waals surface area (Å²) in [6.07, 6.45) is 4.88. The lowest BCUT2D eigenvalue weighted by atomic mass is 10.1. The standard InChI is InChI=1S/C12H22N2O2/c1-2-16-11-4-3-7-14(9-11)12(15)8-13-10-5-6-10/h10-11,13H,2-9H2,1H3. The van der Waals surface area contributed by atoms with E-state index in [2.05, 4.69) is 5.32 Å². The molecule has 2 rings (SSSR count). The molecule has 1 saturated carbocycles. The molecule has 1 N–H and O–H groups in total. The summed E-state index contributed by atoms with van der Waals surface area (Å²) in [6, 6.07) is 0.608. The zero-order valence-corrected chi connectivity index (χ0v) is 10.1. The first-order valence-corrected chi connectivity index (χ1v) is 6.42. The third-order valence-corrected chi connectivity index (χ3v) is 3.25. The van der Waals surface area contributed by atoms with E-state index in [9.17, 15) is 4.79 Å². The highest BCUT2D eigenvalue weighted by Gasteiger charge is 2.26. The minimum Gasteiger partial charge on any atom is -0.377 e. The van der Waals surface area contributed by atoms with Crippen molar-refractivity contribution in [3.05, 3.63) is 0 Å². The van der Waals surface area contributed by atoms with Gasteiger partial charge in [0, 0.05) is 25.7 Å². The molecule has 0 aromatic rings. The molecule has 1 unspecified atom stereocenters. The zero-order valence-electron chi connectivity index (χ0n) is 10.1. The number of hydrogen-bond donors (Lipinski definition) is 1. The number of nitrogens with one attached hydrogen (secondary N) is 1. The first kappa shape index (κ1) is 11.9. The van der Waals surface area contributed by atoms with Gasteiger partial charge in [-0.2, -0.15) is 0 Å². The SMILES string of the molecule is CCOC1CCCN(C(=O)CNC2CC2)C1. The number of amides is 1. The van der Waals surface area contributed by atoms with Crippen molar-refractivity contribution in [3.63, 3.8) is 0 Å². The Bertz CT molecular complexity index is 239. The van der Waals surface area contributed by atoms with Crippen LogP contribution in [0, 0.1) is 0 Å². The molecular weight excluding hydrogens is 204 g/mol. The number of likely N-dealkylation sites (tertiary alicyclic amines) is 1. The highest BCUT2D eigenvalue weighted by Crippen LogP contribution is 2.18. The highest BCUT2D eigenvalue weighted by atomic mass is 16.5. The average molecular weight is 226 g/mol. The molecule has 2 aliphatic rings. The van der Waals surface area contributed by atoms with Crippen molar-refractivity contribution in [1.29, 1.82) is 0 Å². The van der Waals surface area contributed by atoms with E-state index in [1.807, 2.05) is 11.8 Å². The van der Waals surface area contributed by atoms with Crippen LogP contribution in [0.1, 0.15) is 32.6 Å². The van der Waals surface area contributed by atoms with Gasteiger partial charge in [0.2, 0.25) is 5.91 Å². The van der Waals surface area contributed by atoms with Gasteiger partial charge < -0.3 is 15.0 Å².